The molecule has 0 spiro atoms. The summed E-state index contributed by atoms with van der Waals surface area (Å²) in [6, 6.07) is 15.7. The Kier molecular flexibility index (Phi) is 4.79. The highest BCUT2D eigenvalue weighted by Crippen LogP contribution is 2.13. The summed E-state index contributed by atoms with van der Waals surface area (Å²) < 4.78 is 2.12. The van der Waals surface area contributed by atoms with E-state index in [2.05, 4.69) is 20.9 Å². The van der Waals surface area contributed by atoms with Gasteiger partial charge in [0.05, 0.1) is 17.4 Å². The van der Waals surface area contributed by atoms with Gasteiger partial charge in [0.15, 0.2) is 0 Å². The van der Waals surface area contributed by atoms with Gasteiger partial charge in [-0.05, 0) is 42.8 Å². The molecule has 0 bridgehead atoms. The molecule has 24 heavy (non-hydrogen) atoms. The molecular formula is C19H22N4O. The number of hydrogen-bond donors (Lipinski definition) is 1. The van der Waals surface area contributed by atoms with E-state index in [-0.39, 0.29) is 5.91 Å². The topological polar surface area (TPSA) is 50.2 Å². The van der Waals surface area contributed by atoms with E-state index in [1.165, 1.54) is 0 Å². The first-order valence-corrected chi connectivity index (χ1v) is 8.10. The Morgan fingerprint density at radius 1 is 1.12 bits per heavy atom. The van der Waals surface area contributed by atoms with Crippen LogP contribution in [0.1, 0.15) is 16.8 Å². The van der Waals surface area contributed by atoms with Crippen molar-refractivity contribution in [2.45, 2.75) is 13.0 Å². The molecule has 0 aliphatic carbocycles. The second kappa shape index (κ2) is 7.17. The molecular weight excluding hydrogens is 300 g/mol. The minimum absolute atomic E-state index is 0.0317. The average molecular weight is 322 g/mol. The molecule has 3 rings (SSSR count). The van der Waals surface area contributed by atoms with Gasteiger partial charge in [0.2, 0.25) is 0 Å². The first-order chi connectivity index (χ1) is 11.6. The Morgan fingerprint density at radius 2 is 1.88 bits per heavy atom. The SMILES string of the molecule is CN(C)c1ccc(C(=O)NCCCn2cnc3ccccc32)cc1. The van der Waals surface area contributed by atoms with Crippen LogP contribution in [-0.2, 0) is 6.54 Å². The Bertz CT molecular complexity index is 821. The summed E-state index contributed by atoms with van der Waals surface area (Å²) in [4.78, 5) is 18.5. The van der Waals surface area contributed by atoms with E-state index in [0.717, 1.165) is 29.7 Å². The van der Waals surface area contributed by atoms with Gasteiger partial charge in [-0.3, -0.25) is 4.79 Å². The van der Waals surface area contributed by atoms with E-state index in [4.69, 9.17) is 0 Å². The first kappa shape index (κ1) is 16.1. The smallest absolute Gasteiger partial charge is 0.251 e. The molecule has 124 valence electrons. The van der Waals surface area contributed by atoms with Crippen LogP contribution >= 0.6 is 0 Å². The van der Waals surface area contributed by atoms with Crippen molar-refractivity contribution in [3.8, 4) is 0 Å². The van der Waals surface area contributed by atoms with Crippen LogP contribution in [0.4, 0.5) is 5.69 Å². The Balaban J connectivity index is 1.50. The number of benzene rings is 2. The molecule has 0 fully saturated rings. The van der Waals surface area contributed by atoms with Crippen molar-refractivity contribution in [1.29, 1.82) is 0 Å². The van der Waals surface area contributed by atoms with Crippen molar-refractivity contribution in [1.82, 2.24) is 14.9 Å². The summed E-state index contributed by atoms with van der Waals surface area (Å²) in [7, 11) is 3.96. The van der Waals surface area contributed by atoms with Gasteiger partial charge >= 0.3 is 0 Å². The molecule has 0 saturated heterocycles. The van der Waals surface area contributed by atoms with E-state index in [1.54, 1.807) is 0 Å². The molecule has 1 heterocycles. The van der Waals surface area contributed by atoms with Gasteiger partial charge in [-0.1, -0.05) is 12.1 Å². The highest BCUT2D eigenvalue weighted by atomic mass is 16.1. The zero-order valence-corrected chi connectivity index (χ0v) is 14.1. The monoisotopic (exact) mass is 322 g/mol. The maximum Gasteiger partial charge on any atom is 0.251 e. The summed E-state index contributed by atoms with van der Waals surface area (Å²) in [5.74, 6) is -0.0317. The minimum atomic E-state index is -0.0317. The number of aromatic nitrogens is 2. The predicted molar refractivity (Wildman–Crippen MR) is 97.5 cm³/mol. The number of aryl methyl sites for hydroxylation is 1. The first-order valence-electron chi connectivity index (χ1n) is 8.10. The number of nitrogens with one attached hydrogen (secondary N) is 1. The predicted octanol–water partition coefficient (Wildman–Crippen LogP) is 2.92. The summed E-state index contributed by atoms with van der Waals surface area (Å²) >= 11 is 0. The minimum Gasteiger partial charge on any atom is -0.378 e. The number of imidazole rings is 1. The number of carbonyl (C=O) groups is 1. The fourth-order valence-electron chi connectivity index (χ4n) is 2.65. The van der Waals surface area contributed by atoms with Crippen LogP contribution in [0.3, 0.4) is 0 Å². The molecule has 0 unspecified atom stereocenters. The molecule has 5 heteroatoms. The maximum absolute atomic E-state index is 12.2. The third-order valence-corrected chi connectivity index (χ3v) is 4.03. The summed E-state index contributed by atoms with van der Waals surface area (Å²) in [6.07, 6.45) is 2.72. The second-order valence-corrected chi connectivity index (χ2v) is 5.98. The van der Waals surface area contributed by atoms with Crippen LogP contribution in [0.5, 0.6) is 0 Å². The maximum atomic E-state index is 12.2. The molecule has 2 aromatic carbocycles. The average Bonchev–Trinajstić information content (AvgIpc) is 3.02. The number of para-hydroxylation sites is 2. The van der Waals surface area contributed by atoms with Crippen LogP contribution in [0.25, 0.3) is 11.0 Å². The van der Waals surface area contributed by atoms with Gasteiger partial charge in [0, 0.05) is 38.4 Å². The highest BCUT2D eigenvalue weighted by Gasteiger charge is 2.06. The summed E-state index contributed by atoms with van der Waals surface area (Å²) in [5.41, 5.74) is 3.90. The van der Waals surface area contributed by atoms with Crippen molar-refractivity contribution in [2.75, 3.05) is 25.5 Å². The van der Waals surface area contributed by atoms with E-state index in [1.807, 2.05) is 67.8 Å². The highest BCUT2D eigenvalue weighted by molar-refractivity contribution is 5.94. The fraction of sp³-hybridized carbons (Fsp3) is 0.263. The van der Waals surface area contributed by atoms with Crippen molar-refractivity contribution in [2.24, 2.45) is 0 Å². The lowest BCUT2D eigenvalue weighted by Gasteiger charge is -2.12. The van der Waals surface area contributed by atoms with Gasteiger partial charge in [0.25, 0.3) is 5.91 Å². The van der Waals surface area contributed by atoms with E-state index in [0.29, 0.717) is 12.1 Å². The summed E-state index contributed by atoms with van der Waals surface area (Å²) in [5, 5.41) is 2.97. The number of nitrogens with zero attached hydrogens (tertiary/aromatic N) is 3. The zero-order chi connectivity index (χ0) is 16.9. The van der Waals surface area contributed by atoms with Crippen LogP contribution in [0.15, 0.2) is 54.9 Å². The molecule has 0 aliphatic heterocycles. The van der Waals surface area contributed by atoms with Crippen molar-refractivity contribution < 1.29 is 4.79 Å². The summed E-state index contributed by atoms with van der Waals surface area (Å²) in [6.45, 7) is 1.47. The van der Waals surface area contributed by atoms with Crippen LogP contribution < -0.4 is 10.2 Å². The number of anilines is 1. The van der Waals surface area contributed by atoms with Crippen molar-refractivity contribution in [3.05, 3.63) is 60.4 Å². The molecule has 1 N–H and O–H groups in total. The number of fused-ring (bicyclic) bond motifs is 1. The van der Waals surface area contributed by atoms with Crippen LogP contribution in [0.2, 0.25) is 0 Å². The Hall–Kier alpha value is -2.82. The number of hydrogen-bond acceptors (Lipinski definition) is 3. The molecule has 1 aromatic heterocycles. The molecule has 5 nitrogen and oxygen atoms in total. The molecule has 1 amide bonds. The molecule has 3 aromatic rings. The third kappa shape index (κ3) is 3.56. The van der Waals surface area contributed by atoms with Crippen LogP contribution in [0, 0.1) is 0 Å². The number of amides is 1. The van der Waals surface area contributed by atoms with E-state index < -0.39 is 0 Å². The normalized spacial score (nSPS) is 10.8. The largest absolute Gasteiger partial charge is 0.378 e. The van der Waals surface area contributed by atoms with Crippen molar-refractivity contribution in [3.63, 3.8) is 0 Å². The molecule has 0 aliphatic rings. The molecule has 0 atom stereocenters. The van der Waals surface area contributed by atoms with Gasteiger partial charge < -0.3 is 14.8 Å². The van der Waals surface area contributed by atoms with Crippen LogP contribution in [-0.4, -0.2) is 36.1 Å². The van der Waals surface area contributed by atoms with Gasteiger partial charge in [-0.2, -0.15) is 0 Å². The zero-order valence-electron chi connectivity index (χ0n) is 14.1. The van der Waals surface area contributed by atoms with Gasteiger partial charge in [-0.15, -0.1) is 0 Å². The third-order valence-electron chi connectivity index (χ3n) is 4.03. The molecule has 0 saturated carbocycles. The lowest BCUT2D eigenvalue weighted by Crippen LogP contribution is -2.25. The lowest BCUT2D eigenvalue weighted by molar-refractivity contribution is 0.0953. The standard InChI is InChI=1S/C19H22N4O/c1-22(2)16-10-8-15(9-11-16)19(24)20-12-5-13-23-14-21-17-6-3-4-7-18(17)23/h3-4,6-11,14H,5,12-13H2,1-2H3,(H,20,24). The Morgan fingerprint density at radius 3 is 2.62 bits per heavy atom. The second-order valence-electron chi connectivity index (χ2n) is 5.98. The quantitative estimate of drug-likeness (QED) is 0.710. The number of carbonyl (C=O) groups excluding carboxylic acids is 1. The van der Waals surface area contributed by atoms with Gasteiger partial charge in [0.1, 0.15) is 0 Å². The lowest BCUT2D eigenvalue weighted by atomic mass is 10.2. The van der Waals surface area contributed by atoms with Gasteiger partial charge in [-0.25, -0.2) is 4.98 Å². The van der Waals surface area contributed by atoms with E-state index >= 15 is 0 Å². The fourth-order valence-corrected chi connectivity index (χ4v) is 2.65. The molecule has 0 radical (unpaired) electrons. The van der Waals surface area contributed by atoms with E-state index in [9.17, 15) is 4.79 Å². The Labute approximate surface area is 141 Å². The number of rotatable bonds is 6. The van der Waals surface area contributed by atoms with Crippen molar-refractivity contribution >= 4 is 22.6 Å².